The molecule has 30 heavy (non-hydrogen) atoms. The van der Waals surface area contributed by atoms with E-state index in [2.05, 4.69) is 10.2 Å². The number of fused-ring (bicyclic) bond motifs is 2. The van der Waals surface area contributed by atoms with Crippen LogP contribution < -0.4 is 4.74 Å². The van der Waals surface area contributed by atoms with E-state index in [9.17, 15) is 39.9 Å². The third-order valence-electron chi connectivity index (χ3n) is 4.69. The zero-order chi connectivity index (χ0) is 22.1. The van der Waals surface area contributed by atoms with Gasteiger partial charge in [-0.15, -0.1) is 0 Å². The number of rotatable bonds is 3. The van der Waals surface area contributed by atoms with E-state index in [0.717, 1.165) is 6.07 Å². The maximum atomic E-state index is 14.3. The summed E-state index contributed by atoms with van der Waals surface area (Å²) in [5.41, 5.74) is -7.26. The molecule has 1 aliphatic carbocycles. The van der Waals surface area contributed by atoms with Crippen LogP contribution in [-0.4, -0.2) is 35.2 Å². The van der Waals surface area contributed by atoms with Crippen LogP contribution in [0.15, 0.2) is 35.4 Å². The highest BCUT2D eigenvalue weighted by molar-refractivity contribution is 7.92. The Morgan fingerprint density at radius 3 is 2.57 bits per heavy atom. The van der Waals surface area contributed by atoms with Gasteiger partial charge in [0.1, 0.15) is 11.9 Å². The molecule has 0 spiro atoms. The number of nitrogens with one attached hydrogen (secondary N) is 1. The number of aromatic amines is 1. The molecule has 4 rings (SSSR count). The van der Waals surface area contributed by atoms with Crippen LogP contribution in [0.4, 0.5) is 26.3 Å². The summed E-state index contributed by atoms with van der Waals surface area (Å²) >= 11 is 0. The Labute approximate surface area is 164 Å². The van der Waals surface area contributed by atoms with E-state index < -0.39 is 67.1 Å². The molecule has 2 aromatic carbocycles. The number of hydrogen-bond donors (Lipinski definition) is 2. The van der Waals surface area contributed by atoms with Crippen molar-refractivity contribution in [2.45, 2.75) is 28.9 Å². The number of sulfone groups is 1. The van der Waals surface area contributed by atoms with Crippen molar-refractivity contribution in [1.82, 2.24) is 10.2 Å². The molecule has 0 radical (unpaired) electrons. The third kappa shape index (κ3) is 2.91. The van der Waals surface area contributed by atoms with Crippen molar-refractivity contribution in [3.05, 3.63) is 47.4 Å². The molecule has 6 nitrogen and oxygen atoms in total. The highest BCUT2D eigenvalue weighted by Gasteiger charge is 2.55. The molecule has 13 heteroatoms. The molecule has 0 amide bonds. The summed E-state index contributed by atoms with van der Waals surface area (Å²) < 4.78 is 111. The number of H-pyrrole nitrogens is 1. The summed E-state index contributed by atoms with van der Waals surface area (Å²) in [5.74, 6) is -5.86. The lowest BCUT2D eigenvalue weighted by molar-refractivity contribution is -0.0978. The third-order valence-corrected chi connectivity index (χ3v) is 6.24. The molecular formula is C17H10F6N2O4S. The summed E-state index contributed by atoms with van der Waals surface area (Å²) in [6.45, 7) is 0. The van der Waals surface area contributed by atoms with Crippen molar-refractivity contribution in [3.63, 3.8) is 0 Å². The molecule has 0 unspecified atom stereocenters. The molecule has 160 valence electrons. The molecule has 0 bridgehead atoms. The number of hydrogen-bond acceptors (Lipinski definition) is 5. The Balaban J connectivity index is 1.92. The van der Waals surface area contributed by atoms with Gasteiger partial charge < -0.3 is 9.84 Å². The first-order valence-corrected chi connectivity index (χ1v) is 9.65. The fourth-order valence-corrected chi connectivity index (χ4v) is 4.30. The van der Waals surface area contributed by atoms with Gasteiger partial charge in [0.25, 0.3) is 15.8 Å². The lowest BCUT2D eigenvalue weighted by atomic mass is 10.1. The molecule has 1 aliphatic rings. The van der Waals surface area contributed by atoms with Gasteiger partial charge in [-0.25, -0.2) is 21.6 Å². The Hall–Kier alpha value is -2.80. The molecule has 0 fully saturated rings. The predicted molar refractivity (Wildman–Crippen MR) is 89.4 cm³/mol. The second-order valence-electron chi connectivity index (χ2n) is 6.55. The van der Waals surface area contributed by atoms with Crippen molar-refractivity contribution in [2.24, 2.45) is 0 Å². The predicted octanol–water partition coefficient (Wildman–Crippen LogP) is 4.01. The molecule has 1 aromatic heterocycles. The van der Waals surface area contributed by atoms with Crippen molar-refractivity contribution in [2.75, 3.05) is 0 Å². The van der Waals surface area contributed by atoms with Gasteiger partial charge in [-0.2, -0.15) is 18.3 Å². The van der Waals surface area contributed by atoms with Gasteiger partial charge in [0.2, 0.25) is 0 Å². The molecule has 0 saturated carbocycles. The summed E-state index contributed by atoms with van der Waals surface area (Å²) in [6.07, 6.45) is -2.94. The van der Waals surface area contributed by atoms with Crippen LogP contribution in [0.2, 0.25) is 0 Å². The van der Waals surface area contributed by atoms with Crippen LogP contribution in [0.1, 0.15) is 17.2 Å². The zero-order valence-corrected chi connectivity index (χ0v) is 15.3. The van der Waals surface area contributed by atoms with Crippen LogP contribution in [0.3, 0.4) is 0 Å². The van der Waals surface area contributed by atoms with Crippen LogP contribution in [-0.2, 0) is 16.3 Å². The average Bonchev–Trinajstić information content (AvgIpc) is 3.20. The minimum atomic E-state index is -6.05. The van der Waals surface area contributed by atoms with Gasteiger partial charge in [-0.3, -0.25) is 5.10 Å². The quantitative estimate of drug-likeness (QED) is 0.586. The minimum absolute atomic E-state index is 0.112. The first-order chi connectivity index (χ1) is 13.8. The van der Waals surface area contributed by atoms with Gasteiger partial charge in [0.05, 0.1) is 22.0 Å². The van der Waals surface area contributed by atoms with Crippen molar-refractivity contribution in [1.29, 1.82) is 0 Å². The SMILES string of the molecule is O=S(=O)(c1ccc(Oc2c(F)ccc3[nH]ncc23)c2c1[C@H](O)C(F)(F)C2)C(F)(F)F. The lowest BCUT2D eigenvalue weighted by Gasteiger charge is -2.18. The first kappa shape index (κ1) is 20.5. The van der Waals surface area contributed by atoms with E-state index in [-0.39, 0.29) is 5.39 Å². The summed E-state index contributed by atoms with van der Waals surface area (Å²) in [4.78, 5) is -1.51. The number of ether oxygens (including phenoxy) is 1. The maximum Gasteiger partial charge on any atom is 0.501 e. The maximum absolute atomic E-state index is 14.3. The second-order valence-corrected chi connectivity index (χ2v) is 8.46. The first-order valence-electron chi connectivity index (χ1n) is 8.17. The molecule has 1 heterocycles. The van der Waals surface area contributed by atoms with Gasteiger partial charge in [0, 0.05) is 17.5 Å². The largest absolute Gasteiger partial charge is 0.501 e. The molecule has 1 atom stereocenters. The molecular weight excluding hydrogens is 442 g/mol. The Morgan fingerprint density at radius 2 is 1.90 bits per heavy atom. The van der Waals surface area contributed by atoms with Crippen molar-refractivity contribution in [3.8, 4) is 11.5 Å². The van der Waals surface area contributed by atoms with E-state index in [0.29, 0.717) is 17.6 Å². The van der Waals surface area contributed by atoms with E-state index in [1.165, 1.54) is 12.3 Å². The topological polar surface area (TPSA) is 92.3 Å². The Bertz CT molecular complexity index is 1270. The van der Waals surface area contributed by atoms with Crippen molar-refractivity contribution >= 4 is 20.7 Å². The van der Waals surface area contributed by atoms with Crippen LogP contribution in [0.25, 0.3) is 10.9 Å². The average molecular weight is 452 g/mol. The summed E-state index contributed by atoms with van der Waals surface area (Å²) in [7, 11) is -6.05. The fraction of sp³-hybridized carbons (Fsp3) is 0.235. The molecule has 3 aromatic rings. The smallest absolute Gasteiger partial charge is 0.453 e. The number of alkyl halides is 5. The fourth-order valence-electron chi connectivity index (χ4n) is 3.28. The molecule has 0 saturated heterocycles. The number of aromatic nitrogens is 2. The standard InChI is InChI=1S/C17H10F6N2O4S/c18-9-1-2-10-8(6-24-25-10)14(9)29-11-3-4-12(30(27,28)17(21,22)23)13-7(11)5-16(19,20)15(13)26/h1-4,6,15,26H,5H2,(H,24,25)/t15-/m0/s1. The van der Waals surface area contributed by atoms with E-state index >= 15 is 0 Å². The molecule has 2 N–H and O–H groups in total. The van der Waals surface area contributed by atoms with Crippen LogP contribution in [0.5, 0.6) is 11.5 Å². The minimum Gasteiger partial charge on any atom is -0.453 e. The van der Waals surface area contributed by atoms with E-state index in [1.807, 2.05) is 0 Å². The molecule has 0 aliphatic heterocycles. The monoisotopic (exact) mass is 452 g/mol. The number of aliphatic hydroxyl groups is 1. The van der Waals surface area contributed by atoms with Gasteiger partial charge in [-0.1, -0.05) is 0 Å². The number of nitrogens with zero attached hydrogens (tertiary/aromatic N) is 1. The number of benzene rings is 2. The Kier molecular flexibility index (Phi) is 4.33. The van der Waals surface area contributed by atoms with Crippen molar-refractivity contribution < 1.29 is 44.6 Å². The van der Waals surface area contributed by atoms with Crippen LogP contribution >= 0.6 is 0 Å². The summed E-state index contributed by atoms with van der Waals surface area (Å²) in [6, 6.07) is 3.42. The number of halogens is 6. The highest BCUT2D eigenvalue weighted by atomic mass is 32.2. The lowest BCUT2D eigenvalue weighted by Crippen LogP contribution is -2.26. The number of aliphatic hydroxyl groups excluding tert-OH is 1. The van der Waals surface area contributed by atoms with E-state index in [4.69, 9.17) is 4.74 Å². The van der Waals surface area contributed by atoms with Crippen LogP contribution in [0, 0.1) is 5.82 Å². The Morgan fingerprint density at radius 1 is 1.20 bits per heavy atom. The van der Waals surface area contributed by atoms with E-state index in [1.54, 1.807) is 0 Å². The summed E-state index contributed by atoms with van der Waals surface area (Å²) in [5, 5.41) is 16.2. The van der Waals surface area contributed by atoms with Gasteiger partial charge in [-0.05, 0) is 24.3 Å². The van der Waals surface area contributed by atoms with Gasteiger partial charge in [0.15, 0.2) is 11.6 Å². The second kappa shape index (κ2) is 6.35. The highest BCUT2D eigenvalue weighted by Crippen LogP contribution is 2.51. The normalized spacial score (nSPS) is 18.6. The van der Waals surface area contributed by atoms with Gasteiger partial charge >= 0.3 is 5.51 Å². The zero-order valence-electron chi connectivity index (χ0n) is 14.5.